The highest BCUT2D eigenvalue weighted by Crippen LogP contribution is 2.19. The highest BCUT2D eigenvalue weighted by molar-refractivity contribution is 5.78. The number of benzene rings is 1. The highest BCUT2D eigenvalue weighted by atomic mass is 16.5. The van der Waals surface area contributed by atoms with Crippen molar-refractivity contribution in [1.29, 1.82) is 0 Å². The minimum atomic E-state index is -0.724. The van der Waals surface area contributed by atoms with E-state index in [-0.39, 0.29) is 25.0 Å². The Morgan fingerprint density at radius 2 is 2.00 bits per heavy atom. The molecule has 1 aromatic heterocycles. The van der Waals surface area contributed by atoms with Gasteiger partial charge in [-0.2, -0.15) is 0 Å². The van der Waals surface area contributed by atoms with Crippen LogP contribution < -0.4 is 10.1 Å². The molecule has 1 saturated heterocycles. The number of piperidine rings is 1. The van der Waals surface area contributed by atoms with Crippen molar-refractivity contribution >= 4 is 5.91 Å². The Morgan fingerprint density at radius 1 is 1.23 bits per heavy atom. The lowest BCUT2D eigenvalue weighted by atomic mass is 9.96. The molecule has 1 fully saturated rings. The monoisotopic (exact) mass is 358 g/mol. The molecular formula is C20H26N2O4. The molecule has 1 aliphatic rings. The van der Waals surface area contributed by atoms with E-state index < -0.39 is 6.10 Å². The number of rotatable bonds is 8. The van der Waals surface area contributed by atoms with Gasteiger partial charge in [-0.1, -0.05) is 18.2 Å². The number of likely N-dealkylation sites (tertiary alicyclic amines) is 1. The van der Waals surface area contributed by atoms with Gasteiger partial charge < -0.3 is 19.6 Å². The molecule has 6 nitrogen and oxygen atoms in total. The highest BCUT2D eigenvalue weighted by Gasteiger charge is 2.25. The number of hydrogen-bond donors (Lipinski definition) is 2. The SMILES string of the molecule is O=C(NCC(O)COc1ccccc1)C1CCN(Cc2ccco2)CC1. The molecule has 0 radical (unpaired) electrons. The summed E-state index contributed by atoms with van der Waals surface area (Å²) >= 11 is 0. The summed E-state index contributed by atoms with van der Waals surface area (Å²) in [4.78, 5) is 14.6. The topological polar surface area (TPSA) is 74.9 Å². The molecule has 1 unspecified atom stereocenters. The second-order valence-electron chi connectivity index (χ2n) is 6.65. The van der Waals surface area contributed by atoms with E-state index in [1.807, 2.05) is 42.5 Å². The predicted octanol–water partition coefficient (Wildman–Crippen LogP) is 2.05. The van der Waals surface area contributed by atoms with Gasteiger partial charge in [0, 0.05) is 12.5 Å². The van der Waals surface area contributed by atoms with Crippen LogP contribution in [0.5, 0.6) is 5.75 Å². The van der Waals surface area contributed by atoms with Gasteiger partial charge in [0.2, 0.25) is 5.91 Å². The van der Waals surface area contributed by atoms with Crippen LogP contribution in [-0.2, 0) is 11.3 Å². The van der Waals surface area contributed by atoms with Gasteiger partial charge >= 0.3 is 0 Å². The van der Waals surface area contributed by atoms with Gasteiger partial charge in [0.15, 0.2) is 0 Å². The number of amides is 1. The molecule has 3 rings (SSSR count). The molecule has 0 aliphatic carbocycles. The smallest absolute Gasteiger partial charge is 0.223 e. The summed E-state index contributed by atoms with van der Waals surface area (Å²) in [6, 6.07) is 13.2. The molecule has 0 saturated carbocycles. The summed E-state index contributed by atoms with van der Waals surface area (Å²) in [5.41, 5.74) is 0. The average molecular weight is 358 g/mol. The van der Waals surface area contributed by atoms with E-state index in [9.17, 15) is 9.90 Å². The quantitative estimate of drug-likeness (QED) is 0.755. The van der Waals surface area contributed by atoms with Crippen molar-refractivity contribution < 1.29 is 19.1 Å². The number of carbonyl (C=O) groups is 1. The first-order chi connectivity index (χ1) is 12.7. The predicted molar refractivity (Wildman–Crippen MR) is 97.7 cm³/mol. The Morgan fingerprint density at radius 3 is 2.69 bits per heavy atom. The van der Waals surface area contributed by atoms with Gasteiger partial charge in [-0.25, -0.2) is 0 Å². The molecule has 1 aromatic carbocycles. The summed E-state index contributed by atoms with van der Waals surface area (Å²) in [6.45, 7) is 2.90. The normalized spacial score (nSPS) is 17.0. The van der Waals surface area contributed by atoms with E-state index in [0.29, 0.717) is 5.75 Å². The number of ether oxygens (including phenoxy) is 1. The van der Waals surface area contributed by atoms with E-state index in [2.05, 4.69) is 10.2 Å². The van der Waals surface area contributed by atoms with Crippen molar-refractivity contribution in [3.05, 3.63) is 54.5 Å². The molecule has 0 bridgehead atoms. The first kappa shape index (κ1) is 18.5. The van der Waals surface area contributed by atoms with Gasteiger partial charge in [-0.15, -0.1) is 0 Å². The molecule has 6 heteroatoms. The lowest BCUT2D eigenvalue weighted by Crippen LogP contribution is -2.43. The van der Waals surface area contributed by atoms with Crippen molar-refractivity contribution in [3.63, 3.8) is 0 Å². The second-order valence-corrected chi connectivity index (χ2v) is 6.65. The van der Waals surface area contributed by atoms with Crippen molar-refractivity contribution in [2.45, 2.75) is 25.5 Å². The van der Waals surface area contributed by atoms with E-state index in [1.54, 1.807) is 6.26 Å². The van der Waals surface area contributed by atoms with Crippen LogP contribution in [0.15, 0.2) is 53.1 Å². The molecule has 0 spiro atoms. The van der Waals surface area contributed by atoms with E-state index in [0.717, 1.165) is 38.2 Å². The maximum Gasteiger partial charge on any atom is 0.223 e. The van der Waals surface area contributed by atoms with Crippen LogP contribution in [0.4, 0.5) is 0 Å². The molecular weight excluding hydrogens is 332 g/mol. The number of nitrogens with one attached hydrogen (secondary N) is 1. The number of aliphatic hydroxyl groups is 1. The Hall–Kier alpha value is -2.31. The minimum Gasteiger partial charge on any atom is -0.491 e. The minimum absolute atomic E-state index is 0.00472. The Bertz CT molecular complexity index is 652. The third kappa shape index (κ3) is 5.61. The number of para-hydroxylation sites is 1. The summed E-state index contributed by atoms with van der Waals surface area (Å²) in [5.74, 6) is 1.68. The van der Waals surface area contributed by atoms with Gasteiger partial charge in [-0.3, -0.25) is 9.69 Å². The first-order valence-corrected chi connectivity index (χ1v) is 9.09. The van der Waals surface area contributed by atoms with E-state index >= 15 is 0 Å². The molecule has 140 valence electrons. The van der Waals surface area contributed by atoms with Crippen LogP contribution in [-0.4, -0.2) is 48.3 Å². The summed E-state index contributed by atoms with van der Waals surface area (Å²) in [5, 5.41) is 12.8. The fourth-order valence-corrected chi connectivity index (χ4v) is 3.11. The third-order valence-corrected chi connectivity index (χ3v) is 4.62. The average Bonchev–Trinajstić information content (AvgIpc) is 3.19. The van der Waals surface area contributed by atoms with Crippen LogP contribution in [0.3, 0.4) is 0 Å². The second kappa shape index (κ2) is 9.40. The zero-order valence-corrected chi connectivity index (χ0v) is 14.8. The molecule has 2 aromatic rings. The van der Waals surface area contributed by atoms with Gasteiger partial charge in [0.05, 0.1) is 12.8 Å². The Kier molecular flexibility index (Phi) is 6.68. The zero-order valence-electron chi connectivity index (χ0n) is 14.8. The number of nitrogens with zero attached hydrogens (tertiary/aromatic N) is 1. The van der Waals surface area contributed by atoms with Crippen LogP contribution in [0.25, 0.3) is 0 Å². The van der Waals surface area contributed by atoms with Gasteiger partial charge in [0.1, 0.15) is 24.2 Å². The van der Waals surface area contributed by atoms with Crippen molar-refractivity contribution in [1.82, 2.24) is 10.2 Å². The number of carbonyl (C=O) groups excluding carboxylic acids is 1. The van der Waals surface area contributed by atoms with Gasteiger partial charge in [-0.05, 0) is 50.2 Å². The Labute approximate surface area is 153 Å². The molecule has 2 N–H and O–H groups in total. The first-order valence-electron chi connectivity index (χ1n) is 9.09. The van der Waals surface area contributed by atoms with Crippen molar-refractivity contribution in [2.24, 2.45) is 5.92 Å². The van der Waals surface area contributed by atoms with E-state index in [4.69, 9.17) is 9.15 Å². The third-order valence-electron chi connectivity index (χ3n) is 4.62. The molecule has 1 aliphatic heterocycles. The van der Waals surface area contributed by atoms with Crippen molar-refractivity contribution in [3.8, 4) is 5.75 Å². The zero-order chi connectivity index (χ0) is 18.2. The van der Waals surface area contributed by atoms with Crippen LogP contribution >= 0.6 is 0 Å². The van der Waals surface area contributed by atoms with Crippen LogP contribution in [0.2, 0.25) is 0 Å². The van der Waals surface area contributed by atoms with Crippen LogP contribution in [0, 0.1) is 5.92 Å². The lowest BCUT2D eigenvalue weighted by molar-refractivity contribution is -0.127. The Balaban J connectivity index is 1.32. The maximum absolute atomic E-state index is 12.3. The fraction of sp³-hybridized carbons (Fsp3) is 0.450. The standard InChI is InChI=1S/C20H26N2O4/c23-17(15-26-18-5-2-1-3-6-18)13-21-20(24)16-8-10-22(11-9-16)14-19-7-4-12-25-19/h1-7,12,16-17,23H,8-11,13-15H2,(H,21,24). The van der Waals surface area contributed by atoms with Gasteiger partial charge in [0.25, 0.3) is 0 Å². The fourth-order valence-electron chi connectivity index (χ4n) is 3.11. The maximum atomic E-state index is 12.3. The van der Waals surface area contributed by atoms with Crippen molar-refractivity contribution in [2.75, 3.05) is 26.2 Å². The number of aliphatic hydroxyl groups excluding tert-OH is 1. The number of furan rings is 1. The molecule has 2 heterocycles. The molecule has 26 heavy (non-hydrogen) atoms. The largest absolute Gasteiger partial charge is 0.491 e. The van der Waals surface area contributed by atoms with Crippen LogP contribution in [0.1, 0.15) is 18.6 Å². The lowest BCUT2D eigenvalue weighted by Gasteiger charge is -2.30. The molecule has 1 atom stereocenters. The van der Waals surface area contributed by atoms with E-state index in [1.165, 1.54) is 0 Å². The number of hydrogen-bond acceptors (Lipinski definition) is 5. The summed E-state index contributed by atoms with van der Waals surface area (Å²) < 4.78 is 10.9. The molecule has 1 amide bonds. The summed E-state index contributed by atoms with van der Waals surface area (Å²) in [7, 11) is 0. The summed E-state index contributed by atoms with van der Waals surface area (Å²) in [6.07, 6.45) is 2.60.